The third kappa shape index (κ3) is 5.39. The van der Waals surface area contributed by atoms with Gasteiger partial charge in [-0.2, -0.15) is 0 Å². The summed E-state index contributed by atoms with van der Waals surface area (Å²) in [6, 6.07) is 16.8. The lowest BCUT2D eigenvalue weighted by Gasteiger charge is -2.26. The van der Waals surface area contributed by atoms with Crippen molar-refractivity contribution in [3.63, 3.8) is 0 Å². The van der Waals surface area contributed by atoms with E-state index < -0.39 is 6.04 Å². The number of methoxy groups -OCH3 is 1. The van der Waals surface area contributed by atoms with E-state index in [0.717, 1.165) is 11.1 Å². The van der Waals surface area contributed by atoms with Gasteiger partial charge in [-0.25, -0.2) is 9.78 Å². The number of aliphatic hydroxyl groups is 1. The fourth-order valence-electron chi connectivity index (χ4n) is 3.33. The Balaban J connectivity index is 1.80. The summed E-state index contributed by atoms with van der Waals surface area (Å²) in [5, 5.41) is 12.6. The molecule has 1 aromatic heterocycles. The first kappa shape index (κ1) is 21.4. The van der Waals surface area contributed by atoms with Crippen molar-refractivity contribution in [1.82, 2.24) is 19.8 Å². The number of carbonyl (C=O) groups is 1. The largest absolute Gasteiger partial charge is 0.497 e. The number of aliphatic hydroxyl groups excluding tert-OH is 1. The molecule has 1 heterocycles. The molecule has 158 valence electrons. The van der Waals surface area contributed by atoms with E-state index in [0.29, 0.717) is 24.5 Å². The van der Waals surface area contributed by atoms with Crippen LogP contribution in [-0.2, 0) is 13.5 Å². The predicted molar refractivity (Wildman–Crippen MR) is 115 cm³/mol. The van der Waals surface area contributed by atoms with Crippen LogP contribution in [0.15, 0.2) is 67.0 Å². The van der Waals surface area contributed by atoms with E-state index in [4.69, 9.17) is 4.74 Å². The minimum atomic E-state index is -0.453. The molecule has 1 unspecified atom stereocenters. The van der Waals surface area contributed by atoms with Gasteiger partial charge in [-0.3, -0.25) is 0 Å². The molecule has 2 amide bonds. The number of hydrogen-bond acceptors (Lipinski definition) is 4. The Morgan fingerprint density at radius 1 is 1.20 bits per heavy atom. The molecule has 3 aromatic rings. The smallest absolute Gasteiger partial charge is 0.318 e. The van der Waals surface area contributed by atoms with Crippen molar-refractivity contribution in [2.24, 2.45) is 7.05 Å². The van der Waals surface area contributed by atoms with Gasteiger partial charge in [0.05, 0.1) is 13.7 Å². The molecule has 0 saturated carbocycles. The maximum absolute atomic E-state index is 13.1. The zero-order valence-corrected chi connectivity index (χ0v) is 17.4. The van der Waals surface area contributed by atoms with E-state index in [-0.39, 0.29) is 19.2 Å². The minimum absolute atomic E-state index is 0.103. The van der Waals surface area contributed by atoms with Crippen LogP contribution >= 0.6 is 0 Å². The summed E-state index contributed by atoms with van der Waals surface area (Å²) in [7, 11) is 3.50. The van der Waals surface area contributed by atoms with Crippen molar-refractivity contribution in [3.8, 4) is 5.75 Å². The van der Waals surface area contributed by atoms with Crippen molar-refractivity contribution in [2.75, 3.05) is 26.8 Å². The zero-order valence-electron chi connectivity index (χ0n) is 17.4. The Labute approximate surface area is 176 Å². The average Bonchev–Trinajstić information content (AvgIpc) is 3.21. The number of ether oxygens (including phenoxy) is 1. The van der Waals surface area contributed by atoms with Crippen LogP contribution in [0, 0.1) is 0 Å². The van der Waals surface area contributed by atoms with Crippen LogP contribution in [0.1, 0.15) is 23.0 Å². The van der Waals surface area contributed by atoms with E-state index in [1.165, 1.54) is 0 Å². The molecular weight excluding hydrogens is 380 g/mol. The van der Waals surface area contributed by atoms with Crippen LogP contribution in [0.25, 0.3) is 0 Å². The Hall–Kier alpha value is -3.32. The molecule has 3 rings (SSSR count). The van der Waals surface area contributed by atoms with Gasteiger partial charge in [0, 0.05) is 32.5 Å². The summed E-state index contributed by atoms with van der Waals surface area (Å²) in [4.78, 5) is 19.2. The monoisotopic (exact) mass is 408 g/mol. The van der Waals surface area contributed by atoms with Crippen LogP contribution in [0.5, 0.6) is 5.75 Å². The lowest BCUT2D eigenvalue weighted by molar-refractivity contribution is 0.175. The number of aromatic nitrogens is 2. The van der Waals surface area contributed by atoms with Gasteiger partial charge in [-0.1, -0.05) is 42.5 Å². The van der Waals surface area contributed by atoms with Crippen molar-refractivity contribution >= 4 is 6.03 Å². The third-order valence-corrected chi connectivity index (χ3v) is 4.98. The fraction of sp³-hybridized carbons (Fsp3) is 0.304. The van der Waals surface area contributed by atoms with Crippen molar-refractivity contribution in [2.45, 2.75) is 12.5 Å². The standard InChI is InChI=1S/C23H28N4O3/c1-26-14-12-24-22(26)21(19-9-6-10-20(17-19)30-2)25-23(29)27(15-16-28)13-11-18-7-4-3-5-8-18/h3-10,12,14,17,21,28H,11,13,15-16H2,1-2H3,(H,25,29). The van der Waals surface area contributed by atoms with Gasteiger partial charge in [-0.05, 0) is 29.7 Å². The van der Waals surface area contributed by atoms with Gasteiger partial charge in [-0.15, -0.1) is 0 Å². The van der Waals surface area contributed by atoms with Gasteiger partial charge in [0.2, 0.25) is 0 Å². The molecule has 7 heteroatoms. The first-order valence-corrected chi connectivity index (χ1v) is 9.93. The average molecular weight is 409 g/mol. The molecule has 30 heavy (non-hydrogen) atoms. The number of aryl methyl sites for hydroxylation is 1. The Morgan fingerprint density at radius 3 is 2.67 bits per heavy atom. The molecule has 7 nitrogen and oxygen atoms in total. The van der Waals surface area contributed by atoms with E-state index in [9.17, 15) is 9.90 Å². The van der Waals surface area contributed by atoms with Crippen LogP contribution < -0.4 is 10.1 Å². The Morgan fingerprint density at radius 2 is 2.00 bits per heavy atom. The van der Waals surface area contributed by atoms with E-state index in [1.807, 2.05) is 72.4 Å². The maximum Gasteiger partial charge on any atom is 0.318 e. The number of amides is 2. The highest BCUT2D eigenvalue weighted by Crippen LogP contribution is 2.24. The molecule has 0 aliphatic heterocycles. The number of carbonyl (C=O) groups excluding carboxylic acids is 1. The number of nitrogens with zero attached hydrogens (tertiary/aromatic N) is 3. The summed E-state index contributed by atoms with van der Waals surface area (Å²) in [5.74, 6) is 1.42. The summed E-state index contributed by atoms with van der Waals surface area (Å²) < 4.78 is 7.23. The molecule has 1 atom stereocenters. The normalized spacial score (nSPS) is 11.7. The van der Waals surface area contributed by atoms with Gasteiger partial charge in [0.25, 0.3) is 0 Å². The molecule has 0 radical (unpaired) electrons. The van der Waals surface area contributed by atoms with Gasteiger partial charge in [0.1, 0.15) is 17.6 Å². The molecule has 0 aliphatic carbocycles. The maximum atomic E-state index is 13.1. The zero-order chi connectivity index (χ0) is 21.3. The Bertz CT molecular complexity index is 942. The third-order valence-electron chi connectivity index (χ3n) is 4.98. The van der Waals surface area contributed by atoms with Crippen molar-refractivity contribution in [3.05, 3.63) is 83.9 Å². The predicted octanol–water partition coefficient (Wildman–Crippen LogP) is 2.76. The first-order chi connectivity index (χ1) is 14.6. The minimum Gasteiger partial charge on any atom is -0.497 e. The molecular formula is C23H28N4O3. The molecule has 0 spiro atoms. The Kier molecular flexibility index (Phi) is 7.45. The SMILES string of the molecule is COc1cccc(C(NC(=O)N(CCO)CCc2ccccc2)c2nccn2C)c1. The lowest BCUT2D eigenvalue weighted by Crippen LogP contribution is -2.44. The first-order valence-electron chi connectivity index (χ1n) is 9.93. The van der Waals surface area contributed by atoms with Crippen LogP contribution in [-0.4, -0.2) is 52.4 Å². The lowest BCUT2D eigenvalue weighted by atomic mass is 10.1. The van der Waals surface area contributed by atoms with Gasteiger partial charge in [0.15, 0.2) is 0 Å². The molecule has 0 fully saturated rings. The van der Waals surface area contributed by atoms with Gasteiger partial charge < -0.3 is 24.6 Å². The van der Waals surface area contributed by atoms with Crippen LogP contribution in [0.3, 0.4) is 0 Å². The molecule has 0 saturated heterocycles. The second-order valence-corrected chi connectivity index (χ2v) is 7.00. The highest BCUT2D eigenvalue weighted by atomic mass is 16.5. The van der Waals surface area contributed by atoms with E-state index >= 15 is 0 Å². The quantitative estimate of drug-likeness (QED) is 0.571. The molecule has 2 N–H and O–H groups in total. The van der Waals surface area contributed by atoms with Crippen LogP contribution in [0.2, 0.25) is 0 Å². The second kappa shape index (κ2) is 10.5. The highest BCUT2D eigenvalue weighted by molar-refractivity contribution is 5.75. The topological polar surface area (TPSA) is 79.6 Å². The summed E-state index contributed by atoms with van der Waals surface area (Å²) in [6.07, 6.45) is 4.26. The van der Waals surface area contributed by atoms with E-state index in [1.54, 1.807) is 18.2 Å². The van der Waals surface area contributed by atoms with E-state index in [2.05, 4.69) is 10.3 Å². The number of nitrogens with one attached hydrogen (secondary N) is 1. The summed E-state index contributed by atoms with van der Waals surface area (Å²) in [6.45, 7) is 0.653. The second-order valence-electron chi connectivity index (χ2n) is 7.00. The number of imidazole rings is 1. The van der Waals surface area contributed by atoms with Crippen LogP contribution in [0.4, 0.5) is 4.79 Å². The number of urea groups is 1. The number of benzene rings is 2. The fourth-order valence-corrected chi connectivity index (χ4v) is 3.33. The molecule has 2 aromatic carbocycles. The summed E-state index contributed by atoms with van der Waals surface area (Å²) >= 11 is 0. The summed E-state index contributed by atoms with van der Waals surface area (Å²) in [5.41, 5.74) is 2.01. The highest BCUT2D eigenvalue weighted by Gasteiger charge is 2.24. The number of rotatable bonds is 9. The number of hydrogen-bond donors (Lipinski definition) is 2. The molecule has 0 aliphatic rings. The van der Waals surface area contributed by atoms with Gasteiger partial charge >= 0.3 is 6.03 Å². The van der Waals surface area contributed by atoms with Crippen molar-refractivity contribution in [1.29, 1.82) is 0 Å². The van der Waals surface area contributed by atoms with Crippen molar-refractivity contribution < 1.29 is 14.6 Å². The molecule has 0 bridgehead atoms.